The van der Waals surface area contributed by atoms with Gasteiger partial charge in [-0.1, -0.05) is 6.07 Å². The number of benzene rings is 1. The minimum Gasteiger partial charge on any atom is -0.384 e. The van der Waals surface area contributed by atoms with Crippen molar-refractivity contribution in [2.24, 2.45) is 0 Å². The topological polar surface area (TPSA) is 150 Å². The van der Waals surface area contributed by atoms with Crippen LogP contribution in [0.15, 0.2) is 42.6 Å². The van der Waals surface area contributed by atoms with E-state index in [9.17, 15) is 12.8 Å². The number of nitrogen functional groups attached to an aromatic ring is 2. The first-order valence-electron chi connectivity index (χ1n) is 10.2. The highest BCUT2D eigenvalue weighted by atomic mass is 32.2. The number of halogens is 2. The highest BCUT2D eigenvalue weighted by Gasteiger charge is 2.18. The fourth-order valence-electron chi connectivity index (χ4n) is 3.39. The van der Waals surface area contributed by atoms with Gasteiger partial charge in [-0.25, -0.2) is 32.7 Å². The Morgan fingerprint density at radius 2 is 1.85 bits per heavy atom. The lowest BCUT2D eigenvalue weighted by atomic mass is 10.1. The SMILES string of the molecule is Cc1cc(N)ncc1-c1nc(N)c2nc(-c3cccc(NS(=O)(=O)CCCF)c3F)ccc2n1. The Morgan fingerprint density at radius 3 is 2.59 bits per heavy atom. The molecular formula is C22H21F2N7O2S. The number of rotatable bonds is 7. The average Bonchev–Trinajstić information content (AvgIpc) is 2.79. The number of pyridine rings is 2. The van der Waals surface area contributed by atoms with Crippen LogP contribution in [0.5, 0.6) is 0 Å². The van der Waals surface area contributed by atoms with E-state index in [4.69, 9.17) is 11.5 Å². The molecule has 0 spiro atoms. The summed E-state index contributed by atoms with van der Waals surface area (Å²) in [5.41, 5.74) is 14.0. The third-order valence-electron chi connectivity index (χ3n) is 5.03. The van der Waals surface area contributed by atoms with Gasteiger partial charge in [0, 0.05) is 17.3 Å². The normalized spacial score (nSPS) is 11.6. The number of aryl methyl sites for hydroxylation is 1. The number of nitrogens with one attached hydrogen (secondary N) is 1. The predicted molar refractivity (Wildman–Crippen MR) is 128 cm³/mol. The number of sulfonamides is 1. The summed E-state index contributed by atoms with van der Waals surface area (Å²) in [6.07, 6.45) is 1.37. The van der Waals surface area contributed by atoms with E-state index in [1.807, 2.05) is 6.92 Å². The van der Waals surface area contributed by atoms with Crippen molar-refractivity contribution >= 4 is 38.4 Å². The van der Waals surface area contributed by atoms with Crippen molar-refractivity contribution < 1.29 is 17.2 Å². The third kappa shape index (κ3) is 4.71. The van der Waals surface area contributed by atoms with Crippen LogP contribution in [0.2, 0.25) is 0 Å². The fraction of sp³-hybridized carbons (Fsp3) is 0.182. The van der Waals surface area contributed by atoms with Crippen molar-refractivity contribution in [3.05, 3.63) is 54.0 Å². The first-order chi connectivity index (χ1) is 16.2. The zero-order chi connectivity index (χ0) is 24.5. The van der Waals surface area contributed by atoms with Gasteiger partial charge in [0.15, 0.2) is 17.5 Å². The summed E-state index contributed by atoms with van der Waals surface area (Å²) in [6, 6.07) is 9.08. The number of hydrogen-bond donors (Lipinski definition) is 3. The van der Waals surface area contributed by atoms with Crippen molar-refractivity contribution in [1.82, 2.24) is 19.9 Å². The summed E-state index contributed by atoms with van der Waals surface area (Å²) in [5, 5.41) is 0. The number of aromatic nitrogens is 4. The Morgan fingerprint density at radius 1 is 1.06 bits per heavy atom. The first kappa shape index (κ1) is 23.2. The molecule has 0 amide bonds. The van der Waals surface area contributed by atoms with E-state index < -0.39 is 28.3 Å². The smallest absolute Gasteiger partial charge is 0.232 e. The quantitative estimate of drug-likeness (QED) is 0.360. The van der Waals surface area contributed by atoms with Gasteiger partial charge in [0.05, 0.1) is 29.3 Å². The number of anilines is 3. The predicted octanol–water partition coefficient (Wildman–Crippen LogP) is 3.47. The average molecular weight is 486 g/mol. The number of fused-ring (bicyclic) bond motifs is 1. The van der Waals surface area contributed by atoms with Gasteiger partial charge in [-0.2, -0.15) is 0 Å². The van der Waals surface area contributed by atoms with Gasteiger partial charge in [0.2, 0.25) is 10.0 Å². The van der Waals surface area contributed by atoms with Crippen LogP contribution >= 0.6 is 0 Å². The van der Waals surface area contributed by atoms with Crippen LogP contribution in [-0.4, -0.2) is 40.8 Å². The molecule has 0 aliphatic carbocycles. The van der Waals surface area contributed by atoms with Crippen molar-refractivity contribution in [1.29, 1.82) is 0 Å². The van der Waals surface area contributed by atoms with Gasteiger partial charge in [-0.15, -0.1) is 0 Å². The third-order valence-corrected chi connectivity index (χ3v) is 6.39. The van der Waals surface area contributed by atoms with Crippen LogP contribution in [0.4, 0.5) is 26.1 Å². The monoisotopic (exact) mass is 485 g/mol. The molecule has 0 unspecified atom stereocenters. The fourth-order valence-corrected chi connectivity index (χ4v) is 4.47. The van der Waals surface area contributed by atoms with Crippen LogP contribution in [0.3, 0.4) is 0 Å². The summed E-state index contributed by atoms with van der Waals surface area (Å²) in [6.45, 7) is 1.06. The van der Waals surface area contributed by atoms with E-state index in [-0.39, 0.29) is 34.7 Å². The standard InChI is InChI=1S/C22H21F2N7O2S/c1-12-10-18(25)27-11-14(12)22-29-17-7-6-15(28-20(17)21(26)30-22)13-4-2-5-16(19(13)24)31-34(32,33)9-3-8-23/h2,4-7,10-11,31H,3,8-9H2,1H3,(H2,25,27)(H2,26,29,30). The van der Waals surface area contributed by atoms with E-state index in [0.717, 1.165) is 5.56 Å². The van der Waals surface area contributed by atoms with E-state index >= 15 is 4.39 Å². The van der Waals surface area contributed by atoms with Crippen LogP contribution in [0.1, 0.15) is 12.0 Å². The molecule has 34 heavy (non-hydrogen) atoms. The molecule has 0 saturated carbocycles. The van der Waals surface area contributed by atoms with Crippen molar-refractivity contribution in [3.8, 4) is 22.6 Å². The van der Waals surface area contributed by atoms with Gasteiger partial charge >= 0.3 is 0 Å². The number of nitrogens with two attached hydrogens (primary N) is 2. The molecule has 12 heteroatoms. The summed E-state index contributed by atoms with van der Waals surface area (Å²) in [5.74, 6) is -0.476. The van der Waals surface area contributed by atoms with Crippen LogP contribution in [-0.2, 0) is 10.0 Å². The molecule has 3 aromatic heterocycles. The van der Waals surface area contributed by atoms with E-state index in [1.54, 1.807) is 24.4 Å². The Kier molecular flexibility index (Phi) is 6.24. The summed E-state index contributed by atoms with van der Waals surface area (Å²) >= 11 is 0. The van der Waals surface area contributed by atoms with E-state index in [2.05, 4.69) is 24.7 Å². The summed E-state index contributed by atoms with van der Waals surface area (Å²) in [7, 11) is -3.90. The molecule has 5 N–H and O–H groups in total. The Balaban J connectivity index is 1.73. The lowest BCUT2D eigenvalue weighted by molar-refractivity contribution is 0.484. The molecule has 0 saturated heterocycles. The Bertz CT molecular complexity index is 1500. The zero-order valence-electron chi connectivity index (χ0n) is 18.1. The molecule has 0 fully saturated rings. The highest BCUT2D eigenvalue weighted by molar-refractivity contribution is 7.92. The molecule has 0 bridgehead atoms. The second-order valence-electron chi connectivity index (χ2n) is 7.55. The minimum absolute atomic E-state index is 0.0506. The van der Waals surface area contributed by atoms with Crippen molar-refractivity contribution in [2.75, 3.05) is 28.6 Å². The Labute approximate surface area is 194 Å². The molecule has 9 nitrogen and oxygen atoms in total. The number of hydrogen-bond acceptors (Lipinski definition) is 8. The molecule has 0 atom stereocenters. The van der Waals surface area contributed by atoms with Crippen molar-refractivity contribution in [2.45, 2.75) is 13.3 Å². The molecule has 176 valence electrons. The lowest BCUT2D eigenvalue weighted by Crippen LogP contribution is -2.18. The lowest BCUT2D eigenvalue weighted by Gasteiger charge is -2.12. The van der Waals surface area contributed by atoms with E-state index in [0.29, 0.717) is 22.7 Å². The largest absolute Gasteiger partial charge is 0.384 e. The maximum Gasteiger partial charge on any atom is 0.232 e. The zero-order valence-corrected chi connectivity index (χ0v) is 18.9. The minimum atomic E-state index is -3.90. The molecule has 0 radical (unpaired) electrons. The van der Waals surface area contributed by atoms with Gasteiger partial charge in [0.25, 0.3) is 0 Å². The van der Waals surface area contributed by atoms with E-state index in [1.165, 1.54) is 18.2 Å². The molecule has 0 aliphatic heterocycles. The molecule has 4 rings (SSSR count). The molecule has 3 heterocycles. The molecule has 0 aliphatic rings. The molecule has 4 aromatic rings. The van der Waals surface area contributed by atoms with Crippen LogP contribution in [0, 0.1) is 12.7 Å². The summed E-state index contributed by atoms with van der Waals surface area (Å²) < 4.78 is 53.8. The van der Waals surface area contributed by atoms with Gasteiger partial charge in [-0.3, -0.25) is 9.11 Å². The summed E-state index contributed by atoms with van der Waals surface area (Å²) in [4.78, 5) is 17.3. The van der Waals surface area contributed by atoms with Crippen LogP contribution in [0.25, 0.3) is 33.7 Å². The van der Waals surface area contributed by atoms with Crippen LogP contribution < -0.4 is 16.2 Å². The maximum atomic E-state index is 15.2. The first-order valence-corrected chi connectivity index (χ1v) is 11.9. The number of nitrogens with zero attached hydrogens (tertiary/aromatic N) is 4. The second kappa shape index (κ2) is 9.14. The molecular weight excluding hydrogens is 464 g/mol. The van der Waals surface area contributed by atoms with Crippen molar-refractivity contribution in [3.63, 3.8) is 0 Å². The van der Waals surface area contributed by atoms with Gasteiger partial charge < -0.3 is 11.5 Å². The maximum absolute atomic E-state index is 15.2. The van der Waals surface area contributed by atoms with Gasteiger partial charge in [-0.05, 0) is 49.2 Å². The Hall–Kier alpha value is -3.93. The number of alkyl halides is 1. The molecule has 1 aromatic carbocycles. The second-order valence-corrected chi connectivity index (χ2v) is 9.39. The van der Waals surface area contributed by atoms with Gasteiger partial charge in [0.1, 0.15) is 11.3 Å². The highest BCUT2D eigenvalue weighted by Crippen LogP contribution is 2.30.